The summed E-state index contributed by atoms with van der Waals surface area (Å²) in [6, 6.07) is 9.87. The van der Waals surface area contributed by atoms with Crippen LogP contribution >= 0.6 is 11.6 Å². The van der Waals surface area contributed by atoms with Crippen LogP contribution in [-0.2, 0) is 26.1 Å². The van der Waals surface area contributed by atoms with Crippen LogP contribution in [-0.4, -0.2) is 56.0 Å². The molecule has 11 heteroatoms. The van der Waals surface area contributed by atoms with Gasteiger partial charge in [0.15, 0.2) is 5.58 Å². The summed E-state index contributed by atoms with van der Waals surface area (Å²) >= 11 is 6.13. The Labute approximate surface area is 196 Å². The number of hydrogen-bond acceptors (Lipinski definition) is 7. The van der Waals surface area contributed by atoms with E-state index in [1.807, 2.05) is 25.1 Å². The van der Waals surface area contributed by atoms with Crippen LogP contribution in [0, 0.1) is 6.92 Å². The molecule has 0 unspecified atom stereocenters. The second-order valence-corrected chi connectivity index (χ2v) is 10.1. The first kappa shape index (κ1) is 23.3. The fourth-order valence-corrected chi connectivity index (χ4v) is 5.54. The number of piperazine rings is 1. The smallest absolute Gasteiger partial charge is 0.420 e. The van der Waals surface area contributed by atoms with E-state index >= 15 is 0 Å². The molecule has 0 aliphatic carbocycles. The highest BCUT2D eigenvalue weighted by Crippen LogP contribution is 2.27. The first-order chi connectivity index (χ1) is 15.7. The molecule has 2 heterocycles. The lowest BCUT2D eigenvalue weighted by atomic mass is 10.1. The maximum atomic E-state index is 13.2. The number of aromatic nitrogens is 1. The van der Waals surface area contributed by atoms with Crippen LogP contribution in [0.2, 0.25) is 5.02 Å². The molecule has 9 nitrogen and oxygen atoms in total. The Morgan fingerprint density at radius 1 is 1.12 bits per heavy atom. The van der Waals surface area contributed by atoms with Gasteiger partial charge in [0, 0.05) is 43.0 Å². The summed E-state index contributed by atoms with van der Waals surface area (Å²) < 4.78 is 39.1. The van der Waals surface area contributed by atoms with Gasteiger partial charge in [0.1, 0.15) is 6.54 Å². The van der Waals surface area contributed by atoms with Crippen molar-refractivity contribution in [2.45, 2.75) is 25.3 Å². The van der Waals surface area contributed by atoms with Crippen LogP contribution in [0.25, 0.3) is 11.1 Å². The number of rotatable bonds is 6. The predicted octanol–water partition coefficient (Wildman–Crippen LogP) is 2.63. The Balaban J connectivity index is 1.54. The maximum Gasteiger partial charge on any atom is 0.420 e. The van der Waals surface area contributed by atoms with E-state index in [1.54, 1.807) is 6.92 Å². The molecular weight excluding hydrogens is 470 g/mol. The van der Waals surface area contributed by atoms with E-state index in [2.05, 4.69) is 4.90 Å². The minimum Gasteiger partial charge on any atom is -0.465 e. The highest BCUT2D eigenvalue weighted by molar-refractivity contribution is 7.89. The van der Waals surface area contributed by atoms with E-state index in [0.29, 0.717) is 36.7 Å². The van der Waals surface area contributed by atoms with Crippen LogP contribution < -0.4 is 10.7 Å². The van der Waals surface area contributed by atoms with E-state index in [-0.39, 0.29) is 23.6 Å². The standard InChI is InChI=1S/C22H24ClN3O6S/c1-3-31-21(27)14-26-18-7-6-17(13-20(18)32-22(26)28)33(29,30)25-10-8-24(9-11-25)19-12-16(23)5-4-15(19)2/h4-7,12-13H,3,8-11,14H2,1-2H3. The first-order valence-electron chi connectivity index (χ1n) is 10.5. The fraction of sp³-hybridized carbons (Fsp3) is 0.364. The Hall–Kier alpha value is -2.82. The summed E-state index contributed by atoms with van der Waals surface area (Å²) in [7, 11) is -3.79. The lowest BCUT2D eigenvalue weighted by Gasteiger charge is -2.36. The third kappa shape index (κ3) is 4.64. The van der Waals surface area contributed by atoms with Crippen molar-refractivity contribution < 1.29 is 22.4 Å². The number of anilines is 1. The number of aryl methyl sites for hydroxylation is 1. The molecule has 0 amide bonds. The van der Waals surface area contributed by atoms with Crippen LogP contribution in [0.3, 0.4) is 0 Å². The van der Waals surface area contributed by atoms with Gasteiger partial charge in [0.25, 0.3) is 0 Å². The Morgan fingerprint density at radius 2 is 1.85 bits per heavy atom. The number of benzene rings is 2. The zero-order chi connectivity index (χ0) is 23.8. The number of hydrogen-bond donors (Lipinski definition) is 0. The molecule has 1 aliphatic rings. The van der Waals surface area contributed by atoms with Gasteiger partial charge in [-0.25, -0.2) is 13.2 Å². The average molecular weight is 494 g/mol. The van der Waals surface area contributed by atoms with E-state index in [1.165, 1.54) is 22.5 Å². The molecule has 4 rings (SSSR count). The molecule has 33 heavy (non-hydrogen) atoms. The van der Waals surface area contributed by atoms with Crippen LogP contribution in [0.5, 0.6) is 0 Å². The van der Waals surface area contributed by atoms with E-state index in [9.17, 15) is 18.0 Å². The Morgan fingerprint density at radius 3 is 2.55 bits per heavy atom. The van der Waals surface area contributed by atoms with Crippen molar-refractivity contribution in [2.75, 3.05) is 37.7 Å². The maximum absolute atomic E-state index is 13.2. The summed E-state index contributed by atoms with van der Waals surface area (Å²) in [6.45, 7) is 5.20. The minimum atomic E-state index is -3.79. The lowest BCUT2D eigenvalue weighted by molar-refractivity contribution is -0.143. The quantitative estimate of drug-likeness (QED) is 0.486. The molecule has 0 bridgehead atoms. The lowest BCUT2D eigenvalue weighted by Crippen LogP contribution is -2.48. The fourth-order valence-electron chi connectivity index (χ4n) is 3.93. The molecular formula is C22H24ClN3O6S. The number of ether oxygens (including phenoxy) is 1. The van der Waals surface area contributed by atoms with Crippen LogP contribution in [0.4, 0.5) is 5.69 Å². The number of sulfonamides is 1. The van der Waals surface area contributed by atoms with Crippen molar-refractivity contribution in [3.8, 4) is 0 Å². The van der Waals surface area contributed by atoms with Gasteiger partial charge in [-0.2, -0.15) is 4.31 Å². The minimum absolute atomic E-state index is 0.0272. The molecule has 3 aromatic rings. The van der Waals surface area contributed by atoms with Gasteiger partial charge in [-0.1, -0.05) is 17.7 Å². The highest BCUT2D eigenvalue weighted by Gasteiger charge is 2.30. The first-order valence-corrected chi connectivity index (χ1v) is 12.3. The topological polar surface area (TPSA) is 102 Å². The third-order valence-electron chi connectivity index (χ3n) is 5.62. The van der Waals surface area contributed by atoms with Gasteiger partial charge in [0.05, 0.1) is 17.0 Å². The summed E-state index contributed by atoms with van der Waals surface area (Å²) in [5.74, 6) is -1.33. The molecule has 1 aromatic heterocycles. The van der Waals surface area contributed by atoms with Gasteiger partial charge in [-0.15, -0.1) is 0 Å². The van der Waals surface area contributed by atoms with Crippen LogP contribution in [0.1, 0.15) is 12.5 Å². The van der Waals surface area contributed by atoms with Gasteiger partial charge in [0.2, 0.25) is 10.0 Å². The molecule has 2 aromatic carbocycles. The normalized spacial score (nSPS) is 15.2. The molecule has 0 atom stereocenters. The largest absolute Gasteiger partial charge is 0.465 e. The molecule has 0 spiro atoms. The van der Waals surface area contributed by atoms with Gasteiger partial charge >= 0.3 is 11.7 Å². The van der Waals surface area contributed by atoms with Gasteiger partial charge in [-0.3, -0.25) is 9.36 Å². The van der Waals surface area contributed by atoms with E-state index in [4.69, 9.17) is 20.8 Å². The molecule has 0 radical (unpaired) electrons. The van der Waals surface area contributed by atoms with E-state index < -0.39 is 21.7 Å². The third-order valence-corrected chi connectivity index (χ3v) is 7.75. The number of halogens is 1. The second-order valence-electron chi connectivity index (χ2n) is 7.71. The SMILES string of the molecule is CCOC(=O)Cn1c(=O)oc2cc(S(=O)(=O)N3CCN(c4cc(Cl)ccc4C)CC3)ccc21. The molecule has 1 saturated heterocycles. The van der Waals surface area contributed by atoms with E-state index in [0.717, 1.165) is 15.8 Å². The van der Waals surface area contributed by atoms with Crippen molar-refractivity contribution in [3.63, 3.8) is 0 Å². The summed E-state index contributed by atoms with van der Waals surface area (Å²) in [5, 5.41) is 0.635. The molecule has 1 fully saturated rings. The highest BCUT2D eigenvalue weighted by atomic mass is 35.5. The molecule has 1 aliphatic heterocycles. The number of carbonyl (C=O) groups excluding carboxylic acids is 1. The zero-order valence-electron chi connectivity index (χ0n) is 18.3. The average Bonchev–Trinajstić information content (AvgIpc) is 3.10. The van der Waals surface area contributed by atoms with Gasteiger partial charge in [-0.05, 0) is 43.7 Å². The number of esters is 1. The monoisotopic (exact) mass is 493 g/mol. The number of oxazole rings is 1. The van der Waals surface area contributed by atoms with Gasteiger partial charge < -0.3 is 14.1 Å². The Bertz CT molecular complexity index is 1360. The van der Waals surface area contributed by atoms with Crippen molar-refractivity contribution in [2.24, 2.45) is 0 Å². The Kier molecular flexibility index (Phi) is 6.51. The predicted molar refractivity (Wildman–Crippen MR) is 124 cm³/mol. The van der Waals surface area contributed by atoms with Crippen molar-refractivity contribution >= 4 is 44.4 Å². The number of nitrogens with zero attached hydrogens (tertiary/aromatic N) is 3. The molecule has 0 saturated carbocycles. The second kappa shape index (κ2) is 9.20. The number of carbonyl (C=O) groups is 1. The zero-order valence-corrected chi connectivity index (χ0v) is 19.9. The van der Waals surface area contributed by atoms with Crippen LogP contribution in [0.15, 0.2) is 50.5 Å². The van der Waals surface area contributed by atoms with Crippen molar-refractivity contribution in [1.82, 2.24) is 8.87 Å². The molecule has 0 N–H and O–H groups in total. The summed E-state index contributed by atoms with van der Waals surface area (Å²) in [6.07, 6.45) is 0. The van der Waals surface area contributed by atoms with Crippen molar-refractivity contribution in [1.29, 1.82) is 0 Å². The van der Waals surface area contributed by atoms with Crippen molar-refractivity contribution in [3.05, 3.63) is 57.5 Å². The summed E-state index contributed by atoms with van der Waals surface area (Å²) in [4.78, 5) is 26.1. The number of fused-ring (bicyclic) bond motifs is 1. The summed E-state index contributed by atoms with van der Waals surface area (Å²) in [5.41, 5.74) is 2.49. The molecule has 176 valence electrons.